The van der Waals surface area contributed by atoms with Crippen molar-refractivity contribution in [3.8, 4) is 0 Å². The maximum absolute atomic E-state index is 13.4. The van der Waals surface area contributed by atoms with Gasteiger partial charge in [-0.25, -0.2) is 34.0 Å². The standard InChI is InChI=1S/C23H27N9O12P2/c1-8-29-20-12(21(35)30-8)28-7-32(20)22-16-14(33)10(42-22)3-40-45(36,37)44-17-15(34)13(9-2-23(9,17)4-41-46(38,39)43-16)31-6-27-11-18(24)25-5-26-19(11)31/h5-7,9-10,13-17,22,33-34H,2-4H2,1H3,(H,36,37)(H,38,39)(H2,24,25,26)(H,29,30,35)/t9-,10-,13-,14-,15+,16-,17+,22-,23-/m1/s1. The van der Waals surface area contributed by atoms with Crippen LogP contribution in [0.4, 0.5) is 5.82 Å². The molecule has 4 aromatic rings. The number of nitrogens with two attached hydrogens (primary N) is 1. The van der Waals surface area contributed by atoms with Crippen LogP contribution in [-0.4, -0.2) is 103 Å². The highest BCUT2D eigenvalue weighted by molar-refractivity contribution is 7.47. The summed E-state index contributed by atoms with van der Waals surface area (Å²) in [7, 11) is -10.0. The van der Waals surface area contributed by atoms with Crippen molar-refractivity contribution in [3.05, 3.63) is 35.2 Å². The van der Waals surface area contributed by atoms with E-state index < -0.39 is 88.5 Å². The Morgan fingerprint density at radius 1 is 1.00 bits per heavy atom. The molecule has 246 valence electrons. The summed E-state index contributed by atoms with van der Waals surface area (Å²) >= 11 is 0. The molecule has 4 aromatic heterocycles. The monoisotopic (exact) mass is 683 g/mol. The van der Waals surface area contributed by atoms with Crippen molar-refractivity contribution >= 4 is 43.8 Å². The molecule has 7 N–H and O–H groups in total. The lowest BCUT2D eigenvalue weighted by Gasteiger charge is -2.30. The third kappa shape index (κ3) is 4.58. The summed E-state index contributed by atoms with van der Waals surface area (Å²) in [5.41, 5.74) is 4.63. The maximum Gasteiger partial charge on any atom is 0.472 e. The molecule has 23 heteroatoms. The Balaban J connectivity index is 1.14. The lowest BCUT2D eigenvalue weighted by atomic mass is 10.0. The van der Waals surface area contributed by atoms with Gasteiger partial charge in [0.1, 0.15) is 48.2 Å². The zero-order chi connectivity index (χ0) is 32.3. The second-order valence-electron chi connectivity index (χ2n) is 11.7. The molecule has 2 bridgehead atoms. The average molecular weight is 683 g/mol. The summed E-state index contributed by atoms with van der Waals surface area (Å²) in [6, 6.07) is -0.820. The first-order valence-electron chi connectivity index (χ1n) is 14.0. The molecule has 2 aliphatic heterocycles. The fourth-order valence-electron chi connectivity index (χ4n) is 6.90. The molecule has 2 unspecified atom stereocenters. The van der Waals surface area contributed by atoms with Crippen molar-refractivity contribution in [2.75, 3.05) is 18.9 Å². The average Bonchev–Trinajstić information content (AvgIpc) is 3.26. The number of nitrogens with zero attached hydrogens (tertiary/aromatic N) is 7. The largest absolute Gasteiger partial charge is 0.472 e. The second kappa shape index (κ2) is 10.1. The smallest absolute Gasteiger partial charge is 0.388 e. The summed E-state index contributed by atoms with van der Waals surface area (Å²) < 4.78 is 57.0. The van der Waals surface area contributed by atoms with E-state index in [1.165, 1.54) is 30.5 Å². The molecule has 1 spiro atoms. The number of anilines is 1. The minimum absolute atomic E-state index is 0.0205. The Hall–Kier alpha value is -3.20. The summed E-state index contributed by atoms with van der Waals surface area (Å²) in [5, 5.41) is 22.6. The molecule has 0 radical (unpaired) electrons. The Morgan fingerprint density at radius 3 is 2.54 bits per heavy atom. The van der Waals surface area contributed by atoms with Crippen molar-refractivity contribution in [1.82, 2.24) is 39.0 Å². The van der Waals surface area contributed by atoms with Gasteiger partial charge < -0.3 is 40.0 Å². The van der Waals surface area contributed by atoms with Gasteiger partial charge in [0.15, 0.2) is 28.9 Å². The van der Waals surface area contributed by atoms with E-state index in [1.54, 1.807) is 4.57 Å². The zero-order valence-corrected chi connectivity index (χ0v) is 25.4. The third-order valence-electron chi connectivity index (χ3n) is 9.06. The minimum atomic E-state index is -5.02. The fraction of sp³-hybridized carbons (Fsp3) is 0.565. The van der Waals surface area contributed by atoms with Crippen LogP contribution in [0.15, 0.2) is 23.8 Å². The topological polar surface area (TPSA) is 294 Å². The molecule has 6 heterocycles. The van der Waals surface area contributed by atoms with E-state index in [0.29, 0.717) is 5.65 Å². The first-order chi connectivity index (χ1) is 21.8. The van der Waals surface area contributed by atoms with Gasteiger partial charge >= 0.3 is 15.6 Å². The number of hydrogen-bond donors (Lipinski definition) is 6. The quantitative estimate of drug-likeness (QED) is 0.139. The lowest BCUT2D eigenvalue weighted by molar-refractivity contribution is -0.0669. The highest BCUT2D eigenvalue weighted by atomic mass is 31.2. The van der Waals surface area contributed by atoms with Crippen LogP contribution in [0.2, 0.25) is 0 Å². The predicted octanol–water partition coefficient (Wildman–Crippen LogP) is -0.952. The van der Waals surface area contributed by atoms with Crippen molar-refractivity contribution in [2.45, 2.75) is 56.1 Å². The number of aromatic nitrogens is 8. The number of fused-ring (bicyclic) bond motifs is 4. The van der Waals surface area contributed by atoms with E-state index in [0.717, 1.165) is 0 Å². The molecule has 46 heavy (non-hydrogen) atoms. The fourth-order valence-corrected chi connectivity index (χ4v) is 8.92. The summed E-state index contributed by atoms with van der Waals surface area (Å²) in [6.07, 6.45) is -5.01. The third-order valence-corrected chi connectivity index (χ3v) is 11.0. The van der Waals surface area contributed by atoms with Crippen LogP contribution in [0.3, 0.4) is 0 Å². The predicted molar refractivity (Wildman–Crippen MR) is 149 cm³/mol. The number of phosphoric acid groups is 2. The van der Waals surface area contributed by atoms with E-state index in [4.69, 9.17) is 28.6 Å². The van der Waals surface area contributed by atoms with Crippen LogP contribution < -0.4 is 11.3 Å². The number of nitrogen functional groups attached to an aromatic ring is 1. The molecule has 2 aliphatic carbocycles. The van der Waals surface area contributed by atoms with Crippen LogP contribution in [0.1, 0.15) is 24.5 Å². The molecule has 2 saturated heterocycles. The van der Waals surface area contributed by atoms with Gasteiger partial charge in [-0.2, -0.15) is 0 Å². The second-order valence-corrected chi connectivity index (χ2v) is 14.6. The van der Waals surface area contributed by atoms with E-state index in [-0.39, 0.29) is 34.7 Å². The lowest BCUT2D eigenvalue weighted by Crippen LogP contribution is -2.38. The number of aliphatic hydroxyl groups is 2. The Kier molecular flexibility index (Phi) is 6.65. The van der Waals surface area contributed by atoms with Crippen molar-refractivity contribution in [3.63, 3.8) is 0 Å². The molecule has 21 nitrogen and oxygen atoms in total. The number of nitrogens with one attached hydrogen (secondary N) is 1. The number of H-pyrrole nitrogens is 1. The van der Waals surface area contributed by atoms with Gasteiger partial charge in [0, 0.05) is 5.41 Å². The minimum Gasteiger partial charge on any atom is -0.388 e. The van der Waals surface area contributed by atoms with Gasteiger partial charge in [0.05, 0.1) is 31.9 Å². The van der Waals surface area contributed by atoms with Gasteiger partial charge in [0.25, 0.3) is 5.56 Å². The number of phosphoric ester groups is 2. The Labute approximate surface area is 256 Å². The van der Waals surface area contributed by atoms with Crippen molar-refractivity contribution in [2.24, 2.45) is 11.3 Å². The molecule has 4 fully saturated rings. The highest BCUT2D eigenvalue weighted by Gasteiger charge is 2.74. The zero-order valence-electron chi connectivity index (χ0n) is 23.6. The van der Waals surface area contributed by atoms with Gasteiger partial charge in [-0.1, -0.05) is 0 Å². The number of hydrogen-bond acceptors (Lipinski definition) is 16. The van der Waals surface area contributed by atoms with Crippen molar-refractivity contribution < 1.29 is 52.0 Å². The molecular formula is C23H27N9O12P2. The van der Waals surface area contributed by atoms with Crippen LogP contribution in [0, 0.1) is 18.3 Å². The summed E-state index contributed by atoms with van der Waals surface area (Å²) in [5.74, 6) is -0.167. The number of ether oxygens (including phenoxy) is 1. The van der Waals surface area contributed by atoms with Gasteiger partial charge in [-0.05, 0) is 19.3 Å². The molecule has 8 rings (SSSR count). The Bertz CT molecular complexity index is 2040. The highest BCUT2D eigenvalue weighted by Crippen LogP contribution is 2.72. The van der Waals surface area contributed by atoms with E-state index in [2.05, 4.69) is 29.9 Å². The molecule has 11 atom stereocenters. The molecule has 4 aliphatic rings. The number of imidazole rings is 2. The van der Waals surface area contributed by atoms with Crippen LogP contribution >= 0.6 is 15.6 Å². The number of aryl methyl sites for hydroxylation is 1. The van der Waals surface area contributed by atoms with Gasteiger partial charge in [-0.15, -0.1) is 0 Å². The van der Waals surface area contributed by atoms with E-state index in [1.807, 2.05) is 0 Å². The summed E-state index contributed by atoms with van der Waals surface area (Å²) in [4.78, 5) is 57.2. The maximum atomic E-state index is 13.4. The van der Waals surface area contributed by atoms with E-state index >= 15 is 0 Å². The normalized spacial score (nSPS) is 41.1. The van der Waals surface area contributed by atoms with Crippen LogP contribution in [0.5, 0.6) is 0 Å². The van der Waals surface area contributed by atoms with Gasteiger partial charge in [0.2, 0.25) is 0 Å². The molecule has 0 amide bonds. The van der Waals surface area contributed by atoms with Crippen molar-refractivity contribution in [1.29, 1.82) is 0 Å². The van der Waals surface area contributed by atoms with Crippen LogP contribution in [0.25, 0.3) is 22.3 Å². The number of aromatic amines is 1. The first-order valence-corrected chi connectivity index (χ1v) is 17.0. The SMILES string of the molecule is Cc1nc2c(ncn2[C@@H]2O[C@@H]3COP(=O)(O)O[C@H]4[C@@H](O)[C@H](n5cnc6c(N)ncnc65)[C@H]5C[C@@]54COP(=O)(O)O[C@@H]2[C@@H]3O)c(=O)[nH]1. The molecule has 2 saturated carbocycles. The first kappa shape index (κ1) is 30.2. The number of aliphatic hydroxyl groups excluding tert-OH is 2. The van der Waals surface area contributed by atoms with Crippen LogP contribution in [-0.2, 0) is 32.0 Å². The molecular weight excluding hydrogens is 656 g/mol. The number of rotatable bonds is 2. The Morgan fingerprint density at radius 2 is 1.74 bits per heavy atom. The van der Waals surface area contributed by atoms with Gasteiger partial charge in [-0.3, -0.25) is 27.5 Å². The van der Waals surface area contributed by atoms with E-state index in [9.17, 15) is 33.9 Å². The summed E-state index contributed by atoms with van der Waals surface area (Å²) in [6.45, 7) is 0.225. The molecule has 0 aromatic carbocycles.